The van der Waals surface area contributed by atoms with Crippen molar-refractivity contribution in [2.75, 3.05) is 7.11 Å². The zero-order chi connectivity index (χ0) is 17.9. The van der Waals surface area contributed by atoms with Gasteiger partial charge in [0, 0.05) is 18.0 Å². The fraction of sp³-hybridized carbons (Fsp3) is 0.556. The predicted octanol–water partition coefficient (Wildman–Crippen LogP) is 4.43. The standard InChI is InChI=1S/C18H24ClNO4/c1-4-11(18(22)23)9-13(10(2)21)15(12-5-6-12)16-17(24-3)14(19)7-8-20-16/h7-8,11-13,15,21H,2,4-6,9H2,1,3H3,(H,22,23). The Morgan fingerprint density at radius 2 is 2.17 bits per heavy atom. The van der Waals surface area contributed by atoms with Crippen molar-refractivity contribution in [3.63, 3.8) is 0 Å². The first-order chi connectivity index (χ1) is 11.4. The Balaban J connectivity index is 2.42. The van der Waals surface area contributed by atoms with E-state index in [2.05, 4.69) is 11.6 Å². The highest BCUT2D eigenvalue weighted by molar-refractivity contribution is 6.32. The first-order valence-electron chi connectivity index (χ1n) is 8.19. The Morgan fingerprint density at radius 3 is 2.62 bits per heavy atom. The molecule has 1 aliphatic rings. The normalized spacial score (nSPS) is 17.8. The number of aliphatic hydroxyl groups is 1. The number of aliphatic hydroxyl groups excluding tert-OH is 1. The molecular weight excluding hydrogens is 330 g/mol. The number of aromatic nitrogens is 1. The number of ether oxygens (including phenoxy) is 1. The summed E-state index contributed by atoms with van der Waals surface area (Å²) in [5.41, 5.74) is 0.674. The minimum Gasteiger partial charge on any atom is -0.513 e. The van der Waals surface area contributed by atoms with Gasteiger partial charge in [0.25, 0.3) is 0 Å². The number of allylic oxidation sites excluding steroid dienone is 1. The molecule has 0 spiro atoms. The number of methoxy groups -OCH3 is 1. The van der Waals surface area contributed by atoms with Crippen LogP contribution < -0.4 is 4.74 Å². The van der Waals surface area contributed by atoms with Crippen LogP contribution in [0.1, 0.15) is 44.2 Å². The SMILES string of the molecule is C=C(O)C(CC(CC)C(=O)O)C(c1nccc(Cl)c1OC)C1CC1. The molecule has 5 nitrogen and oxygen atoms in total. The van der Waals surface area contributed by atoms with Gasteiger partial charge in [-0.25, -0.2) is 0 Å². The first-order valence-corrected chi connectivity index (χ1v) is 8.57. The van der Waals surface area contributed by atoms with Gasteiger partial charge in [0.2, 0.25) is 0 Å². The highest BCUT2D eigenvalue weighted by atomic mass is 35.5. The Kier molecular flexibility index (Phi) is 6.10. The van der Waals surface area contributed by atoms with Crippen molar-refractivity contribution in [2.45, 2.75) is 38.5 Å². The van der Waals surface area contributed by atoms with Crippen molar-refractivity contribution in [1.82, 2.24) is 4.98 Å². The van der Waals surface area contributed by atoms with Gasteiger partial charge in [-0.05, 0) is 37.7 Å². The third-order valence-electron chi connectivity index (χ3n) is 4.78. The Labute approximate surface area is 147 Å². The minimum atomic E-state index is -0.857. The van der Waals surface area contributed by atoms with Crippen LogP contribution >= 0.6 is 11.6 Å². The van der Waals surface area contributed by atoms with Gasteiger partial charge in [0.05, 0.1) is 29.5 Å². The fourth-order valence-corrected chi connectivity index (χ4v) is 3.55. The summed E-state index contributed by atoms with van der Waals surface area (Å²) in [6, 6.07) is 1.66. The topological polar surface area (TPSA) is 79.7 Å². The van der Waals surface area contributed by atoms with E-state index in [1.807, 2.05) is 6.92 Å². The van der Waals surface area contributed by atoms with Gasteiger partial charge in [0.15, 0.2) is 5.75 Å². The lowest BCUT2D eigenvalue weighted by Crippen LogP contribution is -2.25. The van der Waals surface area contributed by atoms with Crippen LogP contribution in [0.4, 0.5) is 0 Å². The molecule has 1 aliphatic carbocycles. The molecule has 0 aliphatic heterocycles. The summed E-state index contributed by atoms with van der Waals surface area (Å²) in [6.07, 6.45) is 4.45. The molecule has 1 fully saturated rings. The molecule has 24 heavy (non-hydrogen) atoms. The number of hydrogen-bond acceptors (Lipinski definition) is 4. The van der Waals surface area contributed by atoms with Crippen LogP contribution in [0.15, 0.2) is 24.6 Å². The van der Waals surface area contributed by atoms with Gasteiger partial charge in [-0.15, -0.1) is 0 Å². The predicted molar refractivity (Wildman–Crippen MR) is 92.6 cm³/mol. The molecule has 2 rings (SSSR count). The number of pyridine rings is 1. The van der Waals surface area contributed by atoms with E-state index in [0.717, 1.165) is 12.8 Å². The summed E-state index contributed by atoms with van der Waals surface area (Å²) < 4.78 is 5.42. The molecule has 3 atom stereocenters. The summed E-state index contributed by atoms with van der Waals surface area (Å²) in [4.78, 5) is 15.9. The lowest BCUT2D eigenvalue weighted by molar-refractivity contribution is -0.142. The highest BCUT2D eigenvalue weighted by Gasteiger charge is 2.42. The van der Waals surface area contributed by atoms with Gasteiger partial charge in [0.1, 0.15) is 0 Å². The van der Waals surface area contributed by atoms with Gasteiger partial charge < -0.3 is 14.9 Å². The Hall–Kier alpha value is -1.75. The van der Waals surface area contributed by atoms with Crippen LogP contribution in [0.25, 0.3) is 0 Å². The van der Waals surface area contributed by atoms with Gasteiger partial charge >= 0.3 is 5.97 Å². The number of carboxylic acid groups (broad SMARTS) is 1. The summed E-state index contributed by atoms with van der Waals surface area (Å²) >= 11 is 6.22. The summed E-state index contributed by atoms with van der Waals surface area (Å²) in [5.74, 6) is -1.12. The molecule has 132 valence electrons. The van der Waals surface area contributed by atoms with E-state index in [4.69, 9.17) is 16.3 Å². The van der Waals surface area contributed by atoms with Crippen LogP contribution in [-0.2, 0) is 4.79 Å². The molecule has 0 bridgehead atoms. The second kappa shape index (κ2) is 7.88. The van der Waals surface area contributed by atoms with Crippen molar-refractivity contribution in [1.29, 1.82) is 0 Å². The van der Waals surface area contributed by atoms with Crippen molar-refractivity contribution in [2.24, 2.45) is 17.8 Å². The molecule has 0 aromatic carbocycles. The van der Waals surface area contributed by atoms with Crippen LogP contribution in [0, 0.1) is 17.8 Å². The average Bonchev–Trinajstić information content (AvgIpc) is 3.35. The lowest BCUT2D eigenvalue weighted by Gasteiger charge is -2.29. The largest absolute Gasteiger partial charge is 0.513 e. The first kappa shape index (κ1) is 18.6. The van der Waals surface area contributed by atoms with E-state index in [0.29, 0.717) is 35.2 Å². The number of aliphatic carboxylic acids is 1. The maximum absolute atomic E-state index is 11.4. The zero-order valence-corrected chi connectivity index (χ0v) is 14.8. The number of carbonyl (C=O) groups is 1. The highest BCUT2D eigenvalue weighted by Crippen LogP contribution is 2.52. The second-order valence-corrected chi connectivity index (χ2v) is 6.76. The van der Waals surface area contributed by atoms with Crippen LogP contribution in [0.3, 0.4) is 0 Å². The average molecular weight is 354 g/mol. The van der Waals surface area contributed by atoms with Crippen molar-refractivity contribution in [3.05, 3.63) is 35.3 Å². The fourth-order valence-electron chi connectivity index (χ4n) is 3.32. The van der Waals surface area contributed by atoms with Crippen LogP contribution in [0.5, 0.6) is 5.75 Å². The van der Waals surface area contributed by atoms with E-state index < -0.39 is 17.8 Å². The van der Waals surface area contributed by atoms with Crippen molar-refractivity contribution in [3.8, 4) is 5.75 Å². The van der Waals surface area contributed by atoms with Gasteiger partial charge in [-0.2, -0.15) is 0 Å². The Morgan fingerprint density at radius 1 is 1.50 bits per heavy atom. The summed E-state index contributed by atoms with van der Waals surface area (Å²) in [5, 5.41) is 20.0. The number of halogens is 1. The molecule has 0 saturated heterocycles. The smallest absolute Gasteiger partial charge is 0.306 e. The monoisotopic (exact) mass is 353 g/mol. The number of carboxylic acids is 1. The summed E-state index contributed by atoms with van der Waals surface area (Å²) in [7, 11) is 1.53. The molecule has 6 heteroatoms. The van der Waals surface area contributed by atoms with E-state index in [1.165, 1.54) is 7.11 Å². The quantitative estimate of drug-likeness (QED) is 0.642. The maximum Gasteiger partial charge on any atom is 0.306 e. The number of nitrogens with zero attached hydrogens (tertiary/aromatic N) is 1. The van der Waals surface area contributed by atoms with E-state index in [1.54, 1.807) is 12.3 Å². The van der Waals surface area contributed by atoms with Crippen molar-refractivity contribution < 1.29 is 19.7 Å². The molecular formula is C18H24ClNO4. The minimum absolute atomic E-state index is 0.00423. The molecule has 3 unspecified atom stereocenters. The third kappa shape index (κ3) is 4.01. The van der Waals surface area contributed by atoms with Crippen molar-refractivity contribution >= 4 is 17.6 Å². The molecule has 1 aromatic rings. The zero-order valence-electron chi connectivity index (χ0n) is 14.0. The molecule has 1 aromatic heterocycles. The molecule has 1 heterocycles. The number of hydrogen-bond donors (Lipinski definition) is 2. The van der Waals surface area contributed by atoms with Crippen LogP contribution in [-0.4, -0.2) is 28.3 Å². The summed E-state index contributed by atoms with van der Waals surface area (Å²) in [6.45, 7) is 5.53. The van der Waals surface area contributed by atoms with E-state index >= 15 is 0 Å². The van der Waals surface area contributed by atoms with E-state index in [-0.39, 0.29) is 11.7 Å². The molecule has 0 radical (unpaired) electrons. The maximum atomic E-state index is 11.4. The third-order valence-corrected chi connectivity index (χ3v) is 5.07. The molecule has 1 saturated carbocycles. The molecule has 2 N–H and O–H groups in total. The second-order valence-electron chi connectivity index (χ2n) is 6.35. The lowest BCUT2D eigenvalue weighted by atomic mass is 9.77. The van der Waals surface area contributed by atoms with E-state index in [9.17, 15) is 15.0 Å². The Bertz CT molecular complexity index is 615. The number of rotatable bonds is 9. The van der Waals surface area contributed by atoms with Gasteiger partial charge in [-0.3, -0.25) is 9.78 Å². The van der Waals surface area contributed by atoms with Crippen LogP contribution in [0.2, 0.25) is 5.02 Å². The molecule has 0 amide bonds. The van der Waals surface area contributed by atoms with Gasteiger partial charge in [-0.1, -0.05) is 25.1 Å².